The van der Waals surface area contributed by atoms with Crippen molar-refractivity contribution in [1.82, 2.24) is 9.80 Å². The largest absolute Gasteiger partial charge is 0.304 e. The lowest BCUT2D eigenvalue weighted by Gasteiger charge is -2.38. The minimum Gasteiger partial charge on any atom is -0.304 e. The van der Waals surface area contributed by atoms with Gasteiger partial charge >= 0.3 is 0 Å². The van der Waals surface area contributed by atoms with Crippen molar-refractivity contribution >= 4 is 11.6 Å². The third-order valence-electron chi connectivity index (χ3n) is 3.24. The van der Waals surface area contributed by atoms with E-state index in [1.807, 2.05) is 0 Å². The van der Waals surface area contributed by atoms with Crippen LogP contribution in [0.4, 0.5) is 0 Å². The molecule has 1 atom stereocenters. The Morgan fingerprint density at radius 2 is 1.48 bits per heavy atom. The van der Waals surface area contributed by atoms with E-state index in [2.05, 4.69) is 0 Å². The average Bonchev–Trinajstić information content (AvgIpc) is 2.65. The highest BCUT2D eigenvalue weighted by molar-refractivity contribution is 6.30. The predicted octanol–water partition coefficient (Wildman–Crippen LogP) is 3.68. The van der Waals surface area contributed by atoms with Crippen molar-refractivity contribution in [3.63, 3.8) is 0 Å². The van der Waals surface area contributed by atoms with Gasteiger partial charge < -0.3 is 4.90 Å². The van der Waals surface area contributed by atoms with E-state index in [4.69, 9.17) is 22.6 Å². The molecule has 2 nitrogen and oxygen atoms in total. The van der Waals surface area contributed by atoms with Crippen molar-refractivity contribution in [3.05, 3.63) is 70.7 Å². The Morgan fingerprint density at radius 1 is 0.905 bits per heavy atom. The molecule has 0 bridgehead atoms. The molecule has 0 amide bonds. The molecule has 2 aromatic rings. The first kappa shape index (κ1) is 7.77. The van der Waals surface area contributed by atoms with Crippen molar-refractivity contribution < 1.29 is 11.0 Å². The van der Waals surface area contributed by atoms with Gasteiger partial charge in [-0.25, -0.2) is 0 Å². The fourth-order valence-corrected chi connectivity index (χ4v) is 2.34. The van der Waals surface area contributed by atoms with Crippen LogP contribution in [0.3, 0.4) is 0 Å². The summed E-state index contributed by atoms with van der Waals surface area (Å²) in [5.74, 6) is 0. The highest BCUT2D eigenvalue weighted by Gasteiger charge is 2.25. The van der Waals surface area contributed by atoms with E-state index >= 15 is 0 Å². The molecule has 3 rings (SSSR count). The Hall–Kier alpha value is -1.35. The lowest BCUT2D eigenvalue weighted by molar-refractivity contribution is 0.127. The molecule has 1 unspecified atom stereocenters. The Bertz CT molecular complexity index is 845. The van der Waals surface area contributed by atoms with E-state index < -0.39 is 32.0 Å². The monoisotopic (exact) mass is 308 g/mol. The smallest absolute Gasteiger partial charge is 0.0602 e. The summed E-state index contributed by atoms with van der Waals surface area (Å²) < 4.78 is 67.4. The van der Waals surface area contributed by atoms with Gasteiger partial charge in [-0.15, -0.1) is 0 Å². The number of hydrogen-bond acceptors (Lipinski definition) is 2. The van der Waals surface area contributed by atoms with Crippen molar-refractivity contribution in [1.29, 1.82) is 0 Å². The van der Waals surface area contributed by atoms with E-state index in [0.29, 0.717) is 25.9 Å². The quantitative estimate of drug-likeness (QED) is 0.853. The molecule has 0 spiro atoms. The first-order valence-corrected chi connectivity index (χ1v) is 6.98. The second kappa shape index (κ2) is 6.61. The molecule has 0 aromatic heterocycles. The average molecular weight is 309 g/mol. The zero-order valence-corrected chi connectivity index (χ0v) is 12.3. The molecule has 3 heteroatoms. The van der Waals surface area contributed by atoms with Crippen LogP contribution in [0.15, 0.2) is 54.6 Å². The maximum atomic E-state index is 8.56. The fraction of sp³-hybridized carbons (Fsp3) is 0.333. The summed E-state index contributed by atoms with van der Waals surface area (Å²) in [7, 11) is 1.05. The van der Waals surface area contributed by atoms with Gasteiger partial charge in [-0.1, -0.05) is 54.1 Å². The number of benzene rings is 2. The van der Waals surface area contributed by atoms with E-state index in [9.17, 15) is 0 Å². The molecule has 0 radical (unpaired) electrons. The third-order valence-corrected chi connectivity index (χ3v) is 3.49. The molecule has 1 aliphatic rings. The van der Waals surface area contributed by atoms with Gasteiger partial charge in [0.15, 0.2) is 0 Å². The molecule has 0 saturated carbocycles. The van der Waals surface area contributed by atoms with Crippen molar-refractivity contribution in [3.8, 4) is 0 Å². The second-order valence-electron chi connectivity index (χ2n) is 4.74. The molecule has 0 N–H and O–H groups in total. The normalized spacial score (nSPS) is 33.8. The van der Waals surface area contributed by atoms with Crippen molar-refractivity contribution in [2.45, 2.75) is 6.04 Å². The highest BCUT2D eigenvalue weighted by Crippen LogP contribution is 2.30. The highest BCUT2D eigenvalue weighted by atomic mass is 35.5. The molecule has 1 fully saturated rings. The van der Waals surface area contributed by atoms with Crippen LogP contribution in [-0.4, -0.2) is 42.8 Å². The number of rotatable bonds is 3. The summed E-state index contributed by atoms with van der Waals surface area (Å²) in [5.41, 5.74) is 0.961. The number of piperazine rings is 1. The van der Waals surface area contributed by atoms with Crippen LogP contribution >= 0.6 is 11.6 Å². The van der Waals surface area contributed by atoms with Crippen LogP contribution in [0, 0.1) is 0 Å². The van der Waals surface area contributed by atoms with Crippen molar-refractivity contribution in [2.75, 3.05) is 33.0 Å². The first-order chi connectivity index (χ1) is 13.3. The number of halogens is 1. The number of likely N-dealkylation sites (N-methyl/N-ethyl adjacent to an activating group) is 1. The number of hydrogen-bond donors (Lipinski definition) is 0. The lowest BCUT2D eigenvalue weighted by Crippen LogP contribution is -2.46. The Morgan fingerprint density at radius 3 is 2.10 bits per heavy atom. The zero-order valence-electron chi connectivity index (χ0n) is 19.5. The van der Waals surface area contributed by atoms with Crippen LogP contribution in [0.1, 0.15) is 28.1 Å². The maximum absolute atomic E-state index is 8.56. The van der Waals surface area contributed by atoms with Gasteiger partial charge in [0.2, 0.25) is 0 Å². The van der Waals surface area contributed by atoms with Crippen LogP contribution < -0.4 is 0 Å². The first-order valence-electron chi connectivity index (χ1n) is 10.6. The number of nitrogens with zero attached hydrogens (tertiary/aromatic N) is 2. The molecular formula is C18H21ClN2. The standard InChI is InChI=1S/C18H21ClN2/c1-20-11-13-21(14-12-20)18(15-5-3-2-4-6-15)16-7-9-17(19)10-8-16/h2-10,18H,11-14H2,1H3/i11D2,12D2,13D2,14D2. The van der Waals surface area contributed by atoms with Crippen molar-refractivity contribution in [2.24, 2.45) is 0 Å². The maximum Gasteiger partial charge on any atom is 0.0602 e. The Labute approximate surface area is 143 Å². The van der Waals surface area contributed by atoms with E-state index in [1.165, 1.54) is 0 Å². The fourth-order valence-electron chi connectivity index (χ4n) is 2.21. The van der Waals surface area contributed by atoms with Gasteiger partial charge in [-0.2, -0.15) is 0 Å². The zero-order chi connectivity index (χ0) is 21.8. The molecule has 0 aliphatic carbocycles. The molecule has 1 heterocycles. The topological polar surface area (TPSA) is 6.48 Å². The summed E-state index contributed by atoms with van der Waals surface area (Å²) in [6.45, 7) is -11.4. The summed E-state index contributed by atoms with van der Waals surface area (Å²) >= 11 is 5.98. The molecule has 1 saturated heterocycles. The molecular weight excluding hydrogens is 280 g/mol. The van der Waals surface area contributed by atoms with Crippen LogP contribution in [0.2, 0.25) is 5.02 Å². The SMILES string of the molecule is [2H]C1([2H])N(C)C([2H])([2H])C([2H])([2H])N(C(c2ccccc2)c2ccc(Cl)cc2)C1([2H])[2H]. The molecule has 21 heavy (non-hydrogen) atoms. The van der Waals surface area contributed by atoms with Gasteiger partial charge in [0.1, 0.15) is 0 Å². The lowest BCUT2D eigenvalue weighted by atomic mass is 9.96. The van der Waals surface area contributed by atoms with Crippen LogP contribution in [-0.2, 0) is 0 Å². The summed E-state index contributed by atoms with van der Waals surface area (Å²) in [4.78, 5) is 1.15. The van der Waals surface area contributed by atoms with E-state index in [0.717, 1.165) is 7.05 Å². The van der Waals surface area contributed by atoms with E-state index in [-0.39, 0.29) is 0 Å². The summed E-state index contributed by atoms with van der Waals surface area (Å²) in [6, 6.07) is 13.8. The molecule has 1 aliphatic heterocycles. The van der Waals surface area contributed by atoms with Gasteiger partial charge in [-0.3, -0.25) is 4.90 Å². The van der Waals surface area contributed by atoms with Gasteiger partial charge in [0, 0.05) is 42.0 Å². The molecule has 2 aromatic carbocycles. The van der Waals surface area contributed by atoms with Crippen LogP contribution in [0.25, 0.3) is 0 Å². The summed E-state index contributed by atoms with van der Waals surface area (Å²) in [6.07, 6.45) is 0. The van der Waals surface area contributed by atoms with Gasteiger partial charge in [0.25, 0.3) is 0 Å². The molecule has 110 valence electrons. The summed E-state index contributed by atoms with van der Waals surface area (Å²) in [5, 5.41) is 0.440. The Balaban J connectivity index is 2.31. The third kappa shape index (κ3) is 3.46. The minimum atomic E-state index is -2.88. The van der Waals surface area contributed by atoms with Gasteiger partial charge in [0.05, 0.1) is 6.04 Å². The van der Waals surface area contributed by atoms with E-state index in [1.54, 1.807) is 54.6 Å². The Kier molecular flexibility index (Phi) is 2.45. The van der Waals surface area contributed by atoms with Gasteiger partial charge in [-0.05, 0) is 30.3 Å². The predicted molar refractivity (Wildman–Crippen MR) is 88.8 cm³/mol. The second-order valence-corrected chi connectivity index (χ2v) is 5.18. The van der Waals surface area contributed by atoms with Crippen LogP contribution in [0.5, 0.6) is 0 Å². The minimum absolute atomic E-state index is 0.440.